The van der Waals surface area contributed by atoms with Gasteiger partial charge in [-0.3, -0.25) is 4.79 Å². The van der Waals surface area contributed by atoms with Crippen LogP contribution in [0.2, 0.25) is 5.02 Å². The third kappa shape index (κ3) is 4.98. The number of ether oxygens (including phenoxy) is 1. The summed E-state index contributed by atoms with van der Waals surface area (Å²) in [5, 5.41) is 12.4. The predicted molar refractivity (Wildman–Crippen MR) is 110 cm³/mol. The van der Waals surface area contributed by atoms with E-state index in [9.17, 15) is 9.59 Å². The zero-order valence-electron chi connectivity index (χ0n) is 17.1. The third-order valence-electron chi connectivity index (χ3n) is 4.76. The molecular weight excluding hydrogens is 380 g/mol. The Hall–Kier alpha value is -2.21. The van der Waals surface area contributed by atoms with Crippen molar-refractivity contribution < 1.29 is 19.4 Å². The van der Waals surface area contributed by atoms with Crippen LogP contribution in [-0.2, 0) is 10.3 Å². The van der Waals surface area contributed by atoms with Gasteiger partial charge in [-0.05, 0) is 42.0 Å². The quantitative estimate of drug-likeness (QED) is 0.657. The summed E-state index contributed by atoms with van der Waals surface area (Å²) < 4.78 is 5.74. The Balaban J connectivity index is 2.36. The maximum atomic E-state index is 12.6. The van der Waals surface area contributed by atoms with Gasteiger partial charge in [-0.2, -0.15) is 0 Å². The summed E-state index contributed by atoms with van der Waals surface area (Å²) in [5.74, 6) is 0.194. The fraction of sp³-hybridized carbons (Fsp3) is 0.524. The van der Waals surface area contributed by atoms with Gasteiger partial charge in [-0.15, -0.1) is 0 Å². The lowest BCUT2D eigenvalue weighted by Crippen LogP contribution is -2.54. The molecule has 28 heavy (non-hydrogen) atoms. The highest BCUT2D eigenvalue weighted by molar-refractivity contribution is 6.32. The van der Waals surface area contributed by atoms with E-state index in [0.717, 1.165) is 11.1 Å². The SMILES string of the molecule is CC(C)COc1ccc([C@]2(C)NC(=O)N(CCC(=O)O)C=C2C(C)C)cc1Cl. The normalized spacial score (nSPS) is 19.6. The Morgan fingerprint density at radius 2 is 2.00 bits per heavy atom. The summed E-state index contributed by atoms with van der Waals surface area (Å²) in [4.78, 5) is 24.9. The van der Waals surface area contributed by atoms with Crippen molar-refractivity contribution in [2.24, 2.45) is 11.8 Å². The zero-order valence-corrected chi connectivity index (χ0v) is 17.8. The summed E-state index contributed by atoms with van der Waals surface area (Å²) in [6.45, 7) is 10.8. The van der Waals surface area contributed by atoms with Crippen LogP contribution in [0.25, 0.3) is 0 Å². The van der Waals surface area contributed by atoms with Crippen molar-refractivity contribution in [1.82, 2.24) is 10.2 Å². The van der Waals surface area contributed by atoms with E-state index in [1.54, 1.807) is 6.20 Å². The van der Waals surface area contributed by atoms with Gasteiger partial charge >= 0.3 is 12.0 Å². The Morgan fingerprint density at radius 1 is 1.32 bits per heavy atom. The van der Waals surface area contributed by atoms with Crippen LogP contribution < -0.4 is 10.1 Å². The fourth-order valence-corrected chi connectivity index (χ4v) is 3.48. The lowest BCUT2D eigenvalue weighted by atomic mass is 9.78. The second-order valence-corrected chi connectivity index (χ2v) is 8.39. The third-order valence-corrected chi connectivity index (χ3v) is 5.06. The predicted octanol–water partition coefficient (Wildman–Crippen LogP) is 4.63. The monoisotopic (exact) mass is 408 g/mol. The molecule has 0 aromatic heterocycles. The molecule has 0 fully saturated rings. The number of nitrogens with zero attached hydrogens (tertiary/aromatic N) is 1. The number of urea groups is 1. The minimum Gasteiger partial charge on any atom is -0.492 e. The van der Waals surface area contributed by atoms with E-state index < -0.39 is 11.5 Å². The van der Waals surface area contributed by atoms with Gasteiger partial charge in [0, 0.05) is 12.7 Å². The average Bonchev–Trinajstić information content (AvgIpc) is 2.59. The van der Waals surface area contributed by atoms with Crippen molar-refractivity contribution in [3.8, 4) is 5.75 Å². The molecular formula is C21H29ClN2O4. The first-order valence-electron chi connectivity index (χ1n) is 9.50. The molecule has 154 valence electrons. The van der Waals surface area contributed by atoms with Crippen molar-refractivity contribution in [1.29, 1.82) is 0 Å². The van der Waals surface area contributed by atoms with Gasteiger partial charge in [0.05, 0.1) is 23.6 Å². The second-order valence-electron chi connectivity index (χ2n) is 7.98. The molecule has 1 aromatic carbocycles. The van der Waals surface area contributed by atoms with E-state index in [1.807, 2.05) is 39.0 Å². The number of carbonyl (C=O) groups excluding carboxylic acids is 1. The molecule has 0 saturated heterocycles. The maximum Gasteiger partial charge on any atom is 0.322 e. The number of rotatable bonds is 8. The maximum absolute atomic E-state index is 12.6. The number of carboxylic acid groups (broad SMARTS) is 1. The van der Waals surface area contributed by atoms with Gasteiger partial charge in [0.15, 0.2) is 0 Å². The number of amides is 2. The number of hydrogen-bond acceptors (Lipinski definition) is 3. The van der Waals surface area contributed by atoms with E-state index in [0.29, 0.717) is 23.3 Å². The van der Waals surface area contributed by atoms with Crippen LogP contribution in [0.1, 0.15) is 46.6 Å². The minimum atomic E-state index is -0.940. The van der Waals surface area contributed by atoms with Crippen LogP contribution in [0.4, 0.5) is 4.79 Å². The van der Waals surface area contributed by atoms with Gasteiger partial charge in [0.1, 0.15) is 5.75 Å². The van der Waals surface area contributed by atoms with Crippen molar-refractivity contribution in [2.45, 2.75) is 46.6 Å². The summed E-state index contributed by atoms with van der Waals surface area (Å²) in [5.41, 5.74) is 1.08. The van der Waals surface area contributed by atoms with Gasteiger partial charge in [0.2, 0.25) is 0 Å². The fourth-order valence-electron chi connectivity index (χ4n) is 3.25. The molecule has 1 aliphatic heterocycles. The molecule has 7 heteroatoms. The number of nitrogens with one attached hydrogen (secondary N) is 1. The van der Waals surface area contributed by atoms with Crippen molar-refractivity contribution in [3.63, 3.8) is 0 Å². The Bertz CT molecular complexity index is 776. The zero-order chi connectivity index (χ0) is 21.1. The summed E-state index contributed by atoms with van der Waals surface area (Å²) in [7, 11) is 0. The largest absolute Gasteiger partial charge is 0.492 e. The van der Waals surface area contributed by atoms with Crippen LogP contribution >= 0.6 is 11.6 Å². The van der Waals surface area contributed by atoms with E-state index in [-0.39, 0.29) is 24.9 Å². The average molecular weight is 409 g/mol. The van der Waals surface area contributed by atoms with Gasteiger partial charge in [-0.1, -0.05) is 45.4 Å². The molecule has 2 rings (SSSR count). The summed E-state index contributed by atoms with van der Waals surface area (Å²) in [6.07, 6.45) is 1.66. The number of carboxylic acids is 1. The highest BCUT2D eigenvalue weighted by Gasteiger charge is 2.39. The van der Waals surface area contributed by atoms with Gasteiger partial charge in [-0.25, -0.2) is 4.79 Å². The van der Waals surface area contributed by atoms with E-state index >= 15 is 0 Å². The lowest BCUT2D eigenvalue weighted by molar-refractivity contribution is -0.137. The highest BCUT2D eigenvalue weighted by atomic mass is 35.5. The molecule has 0 radical (unpaired) electrons. The van der Waals surface area contributed by atoms with E-state index in [1.165, 1.54) is 4.90 Å². The van der Waals surface area contributed by atoms with Crippen LogP contribution in [0.15, 0.2) is 30.0 Å². The Kier molecular flexibility index (Phi) is 6.99. The number of benzene rings is 1. The van der Waals surface area contributed by atoms with Crippen molar-refractivity contribution >= 4 is 23.6 Å². The molecule has 1 atom stereocenters. The molecule has 0 saturated carbocycles. The van der Waals surface area contributed by atoms with Crippen LogP contribution in [0.5, 0.6) is 5.75 Å². The number of hydrogen-bond donors (Lipinski definition) is 2. The number of aliphatic carboxylic acids is 1. The lowest BCUT2D eigenvalue weighted by Gasteiger charge is -2.42. The molecule has 0 aliphatic carbocycles. The van der Waals surface area contributed by atoms with E-state index in [2.05, 4.69) is 19.2 Å². The molecule has 1 aromatic rings. The molecule has 0 unspecified atom stereocenters. The number of halogens is 1. The highest BCUT2D eigenvalue weighted by Crippen LogP contribution is 2.39. The first-order valence-corrected chi connectivity index (χ1v) is 9.88. The Morgan fingerprint density at radius 3 is 2.54 bits per heavy atom. The van der Waals surface area contributed by atoms with Gasteiger partial charge < -0.3 is 20.1 Å². The first kappa shape index (κ1) is 22.1. The van der Waals surface area contributed by atoms with Crippen LogP contribution in [0.3, 0.4) is 0 Å². The summed E-state index contributed by atoms with van der Waals surface area (Å²) >= 11 is 6.44. The molecule has 1 heterocycles. The van der Waals surface area contributed by atoms with Gasteiger partial charge in [0.25, 0.3) is 0 Å². The Labute approximate surface area is 171 Å². The van der Waals surface area contributed by atoms with Crippen LogP contribution in [0, 0.1) is 11.8 Å². The van der Waals surface area contributed by atoms with E-state index in [4.69, 9.17) is 21.4 Å². The number of carbonyl (C=O) groups is 2. The second kappa shape index (κ2) is 8.86. The minimum absolute atomic E-state index is 0.111. The van der Waals surface area contributed by atoms with Crippen molar-refractivity contribution in [3.05, 3.63) is 40.6 Å². The molecule has 6 nitrogen and oxygen atoms in total. The van der Waals surface area contributed by atoms with Crippen LogP contribution in [-0.4, -0.2) is 35.2 Å². The molecule has 2 N–H and O–H groups in total. The standard InChI is InChI=1S/C21H29ClN2O4/c1-13(2)12-28-18-7-6-15(10-17(18)22)21(5)16(14(3)4)11-24(20(27)23-21)9-8-19(25)26/h6-7,10-11,13-14H,8-9,12H2,1-5H3,(H,23,27)(H,25,26)/t21-/m0/s1. The molecule has 0 spiro atoms. The van der Waals surface area contributed by atoms with Crippen molar-refractivity contribution in [2.75, 3.05) is 13.2 Å². The molecule has 0 bridgehead atoms. The summed E-state index contributed by atoms with van der Waals surface area (Å²) in [6, 6.07) is 5.22. The molecule has 2 amide bonds. The molecule has 1 aliphatic rings. The smallest absolute Gasteiger partial charge is 0.322 e. The first-order chi connectivity index (χ1) is 13.0. The topological polar surface area (TPSA) is 78.9 Å².